The molecule has 3 amide bonds. The first-order valence-electron chi connectivity index (χ1n) is 8.92. The fourth-order valence-electron chi connectivity index (χ4n) is 3.18. The summed E-state index contributed by atoms with van der Waals surface area (Å²) in [5, 5.41) is 3.46. The number of rotatable bonds is 7. The highest BCUT2D eigenvalue weighted by atomic mass is 32.2. The summed E-state index contributed by atoms with van der Waals surface area (Å²) in [6.07, 6.45) is 0.918. The van der Waals surface area contributed by atoms with Crippen molar-refractivity contribution in [2.45, 2.75) is 18.1 Å². The van der Waals surface area contributed by atoms with Crippen LogP contribution in [0, 0.1) is 0 Å². The normalized spacial score (nSPS) is 14.1. The maximum absolute atomic E-state index is 11.7. The lowest BCUT2D eigenvalue weighted by atomic mass is 10.1. The summed E-state index contributed by atoms with van der Waals surface area (Å²) in [5.41, 5.74) is 3.35. The Morgan fingerprint density at radius 1 is 1.00 bits per heavy atom. The van der Waals surface area contributed by atoms with Crippen LogP contribution in [0.25, 0.3) is 11.0 Å². The largest absolute Gasteiger partial charge is 0.329 e. The van der Waals surface area contributed by atoms with Crippen molar-refractivity contribution in [2.75, 3.05) is 18.8 Å². The molecule has 1 aromatic heterocycles. The van der Waals surface area contributed by atoms with Gasteiger partial charge in [-0.25, -0.2) is 9.78 Å². The Morgan fingerprint density at radius 3 is 2.56 bits per heavy atom. The number of nitrogens with zero attached hydrogens (tertiary/aromatic N) is 3. The van der Waals surface area contributed by atoms with Crippen molar-refractivity contribution < 1.29 is 9.59 Å². The van der Waals surface area contributed by atoms with E-state index in [2.05, 4.69) is 40.2 Å². The van der Waals surface area contributed by atoms with E-state index in [1.54, 1.807) is 11.8 Å². The second kappa shape index (κ2) is 7.84. The molecule has 0 atom stereocenters. The topological polar surface area (TPSA) is 67.2 Å². The summed E-state index contributed by atoms with van der Waals surface area (Å²) in [6, 6.07) is 18.2. The van der Waals surface area contributed by atoms with Gasteiger partial charge in [0.15, 0.2) is 5.16 Å². The van der Waals surface area contributed by atoms with E-state index < -0.39 is 0 Å². The molecule has 0 saturated carbocycles. The number of nitrogens with one attached hydrogen (secondary N) is 1. The molecule has 2 aromatic carbocycles. The maximum Gasteiger partial charge on any atom is 0.324 e. The first kappa shape index (κ1) is 17.6. The molecule has 0 radical (unpaired) electrons. The van der Waals surface area contributed by atoms with E-state index in [0.29, 0.717) is 12.3 Å². The Balaban J connectivity index is 1.49. The number of imide groups is 1. The molecule has 1 fully saturated rings. The summed E-state index contributed by atoms with van der Waals surface area (Å²) < 4.78 is 2.22. The molecule has 1 aliphatic heterocycles. The Bertz CT molecular complexity index is 955. The predicted molar refractivity (Wildman–Crippen MR) is 106 cm³/mol. The third-order valence-corrected chi connectivity index (χ3v) is 5.53. The van der Waals surface area contributed by atoms with Gasteiger partial charge in [-0.15, -0.1) is 0 Å². The molecule has 7 heteroatoms. The van der Waals surface area contributed by atoms with Crippen LogP contribution in [0.2, 0.25) is 0 Å². The summed E-state index contributed by atoms with van der Waals surface area (Å²) >= 11 is 1.58. The third kappa shape index (κ3) is 3.83. The smallest absolute Gasteiger partial charge is 0.324 e. The van der Waals surface area contributed by atoms with Crippen molar-refractivity contribution in [3.05, 3.63) is 60.2 Å². The number of hydrogen-bond donors (Lipinski definition) is 1. The monoisotopic (exact) mass is 380 g/mol. The molecule has 0 bridgehead atoms. The van der Waals surface area contributed by atoms with Gasteiger partial charge in [0.1, 0.15) is 0 Å². The number of carbonyl (C=O) groups is 2. The second-order valence-electron chi connectivity index (χ2n) is 6.32. The average molecular weight is 380 g/mol. The number of amides is 3. The highest BCUT2D eigenvalue weighted by molar-refractivity contribution is 7.99. The zero-order valence-corrected chi connectivity index (χ0v) is 15.6. The molecule has 1 N–H and O–H groups in total. The Morgan fingerprint density at radius 2 is 1.78 bits per heavy atom. The number of fused-ring (bicyclic) bond motifs is 1. The quantitative estimate of drug-likeness (QED) is 0.506. The fourth-order valence-corrected chi connectivity index (χ4v) is 4.14. The number of benzene rings is 2. The molecule has 0 unspecified atom stereocenters. The molecule has 0 aliphatic carbocycles. The standard InChI is InChI=1S/C20H20N4O2S/c25-18-14-21-19(26)24(18)12-13-27-20-22-16-8-4-5-9-17(16)23(20)11-10-15-6-2-1-3-7-15/h1-9H,10-14H2,(H,21,26). The molecule has 3 aromatic rings. The van der Waals surface area contributed by atoms with E-state index in [1.807, 2.05) is 24.3 Å². The number of aryl methyl sites for hydroxylation is 2. The molecular weight excluding hydrogens is 360 g/mol. The van der Waals surface area contributed by atoms with Crippen LogP contribution in [0.15, 0.2) is 59.8 Å². The van der Waals surface area contributed by atoms with Crippen LogP contribution in [-0.4, -0.2) is 45.2 Å². The van der Waals surface area contributed by atoms with Crippen molar-refractivity contribution in [1.82, 2.24) is 19.8 Å². The minimum atomic E-state index is -0.307. The maximum atomic E-state index is 11.7. The number of carbonyl (C=O) groups excluding carboxylic acids is 2. The van der Waals surface area contributed by atoms with E-state index >= 15 is 0 Å². The lowest BCUT2D eigenvalue weighted by molar-refractivity contribution is -0.124. The van der Waals surface area contributed by atoms with Gasteiger partial charge in [0.25, 0.3) is 0 Å². The van der Waals surface area contributed by atoms with Crippen molar-refractivity contribution in [2.24, 2.45) is 0 Å². The van der Waals surface area contributed by atoms with Crippen molar-refractivity contribution >= 4 is 34.7 Å². The highest BCUT2D eigenvalue weighted by Crippen LogP contribution is 2.25. The minimum absolute atomic E-state index is 0.0963. The number of imidazole rings is 1. The van der Waals surface area contributed by atoms with Gasteiger partial charge in [0.05, 0.1) is 17.6 Å². The molecule has 6 nitrogen and oxygen atoms in total. The Kier molecular flexibility index (Phi) is 5.11. The molecule has 27 heavy (non-hydrogen) atoms. The highest BCUT2D eigenvalue weighted by Gasteiger charge is 2.27. The number of thioether (sulfide) groups is 1. The van der Waals surface area contributed by atoms with Gasteiger partial charge < -0.3 is 9.88 Å². The molecule has 1 aliphatic rings. The number of urea groups is 1. The summed E-state index contributed by atoms with van der Waals surface area (Å²) in [5.74, 6) is 0.451. The first-order valence-corrected chi connectivity index (χ1v) is 9.91. The molecular formula is C20H20N4O2S. The van der Waals surface area contributed by atoms with E-state index in [4.69, 9.17) is 4.98 Å². The molecule has 1 saturated heterocycles. The van der Waals surface area contributed by atoms with Gasteiger partial charge >= 0.3 is 6.03 Å². The number of para-hydroxylation sites is 2. The minimum Gasteiger partial charge on any atom is -0.329 e. The van der Waals surface area contributed by atoms with Gasteiger partial charge in [0, 0.05) is 18.8 Å². The zero-order valence-electron chi connectivity index (χ0n) is 14.8. The lowest BCUT2D eigenvalue weighted by Gasteiger charge is -2.12. The van der Waals surface area contributed by atoms with Gasteiger partial charge in [-0.2, -0.15) is 0 Å². The van der Waals surface area contributed by atoms with Crippen LogP contribution < -0.4 is 5.32 Å². The molecule has 2 heterocycles. The van der Waals surface area contributed by atoms with Crippen LogP contribution >= 0.6 is 11.8 Å². The SMILES string of the molecule is O=C1CNC(=O)N1CCSc1nc2ccccc2n1CCc1ccccc1. The van der Waals surface area contributed by atoms with Crippen LogP contribution in [0.3, 0.4) is 0 Å². The number of hydrogen-bond acceptors (Lipinski definition) is 4. The fraction of sp³-hybridized carbons (Fsp3) is 0.250. The lowest BCUT2D eigenvalue weighted by Crippen LogP contribution is -2.32. The number of aromatic nitrogens is 2. The van der Waals surface area contributed by atoms with Crippen LogP contribution in [0.1, 0.15) is 5.56 Å². The molecule has 0 spiro atoms. The molecule has 138 valence electrons. The summed E-state index contributed by atoms with van der Waals surface area (Å²) in [4.78, 5) is 29.4. The summed E-state index contributed by atoms with van der Waals surface area (Å²) in [7, 11) is 0. The van der Waals surface area contributed by atoms with Gasteiger partial charge in [-0.05, 0) is 24.1 Å². The Labute approximate surface area is 161 Å². The van der Waals surface area contributed by atoms with Crippen molar-refractivity contribution in [3.8, 4) is 0 Å². The third-order valence-electron chi connectivity index (χ3n) is 4.57. The van der Waals surface area contributed by atoms with Crippen molar-refractivity contribution in [1.29, 1.82) is 0 Å². The van der Waals surface area contributed by atoms with Crippen molar-refractivity contribution in [3.63, 3.8) is 0 Å². The van der Waals surface area contributed by atoms with Gasteiger partial charge in [0.2, 0.25) is 5.91 Å². The first-order chi connectivity index (χ1) is 13.2. The second-order valence-corrected chi connectivity index (χ2v) is 7.38. The van der Waals surface area contributed by atoms with E-state index in [1.165, 1.54) is 10.5 Å². The molecule has 4 rings (SSSR count). The zero-order chi connectivity index (χ0) is 18.6. The Hall–Kier alpha value is -2.80. The van der Waals surface area contributed by atoms with Crippen LogP contribution in [0.5, 0.6) is 0 Å². The summed E-state index contributed by atoms with van der Waals surface area (Å²) in [6.45, 7) is 1.31. The average Bonchev–Trinajstić information content (AvgIpc) is 3.21. The van der Waals surface area contributed by atoms with Crippen LogP contribution in [0.4, 0.5) is 4.79 Å². The van der Waals surface area contributed by atoms with Gasteiger partial charge in [-0.1, -0.05) is 54.2 Å². The van der Waals surface area contributed by atoms with E-state index in [0.717, 1.165) is 29.2 Å². The van der Waals surface area contributed by atoms with E-state index in [-0.39, 0.29) is 18.5 Å². The van der Waals surface area contributed by atoms with E-state index in [9.17, 15) is 9.59 Å². The van der Waals surface area contributed by atoms with Gasteiger partial charge in [-0.3, -0.25) is 9.69 Å². The van der Waals surface area contributed by atoms with Crippen LogP contribution in [-0.2, 0) is 17.8 Å². The predicted octanol–water partition coefficient (Wildman–Crippen LogP) is 2.92.